The van der Waals surface area contributed by atoms with Gasteiger partial charge in [0.15, 0.2) is 0 Å². The summed E-state index contributed by atoms with van der Waals surface area (Å²) >= 11 is 1.94. The highest BCUT2D eigenvalue weighted by Gasteiger charge is 2.04. The Kier molecular flexibility index (Phi) is 5.93. The van der Waals surface area contributed by atoms with Gasteiger partial charge in [0.1, 0.15) is 0 Å². The van der Waals surface area contributed by atoms with E-state index in [-0.39, 0.29) is 6.04 Å². The second kappa shape index (κ2) is 6.97. The summed E-state index contributed by atoms with van der Waals surface area (Å²) in [6.07, 6.45) is 2.60. The summed E-state index contributed by atoms with van der Waals surface area (Å²) in [6.45, 7) is 6.60. The molecule has 0 fully saturated rings. The van der Waals surface area contributed by atoms with Crippen molar-refractivity contribution < 1.29 is 0 Å². The summed E-state index contributed by atoms with van der Waals surface area (Å²) in [5.74, 6) is 2.00. The maximum absolute atomic E-state index is 5.88. The predicted octanol–water partition coefficient (Wildman–Crippen LogP) is 4.23. The van der Waals surface area contributed by atoms with Crippen LogP contribution in [0.15, 0.2) is 29.2 Å². The number of thioether (sulfide) groups is 1. The SMILES string of the molecule is CCCC(C)CSc1cccc(C(C)N)c1. The third kappa shape index (κ3) is 4.58. The van der Waals surface area contributed by atoms with Crippen molar-refractivity contribution in [3.05, 3.63) is 29.8 Å². The minimum Gasteiger partial charge on any atom is -0.324 e. The lowest BCUT2D eigenvalue weighted by Gasteiger charge is -2.11. The van der Waals surface area contributed by atoms with E-state index in [1.54, 1.807) is 0 Å². The second-order valence-electron chi connectivity index (χ2n) is 4.57. The minimum atomic E-state index is 0.133. The van der Waals surface area contributed by atoms with E-state index in [0.717, 1.165) is 5.92 Å². The van der Waals surface area contributed by atoms with Crippen molar-refractivity contribution in [3.63, 3.8) is 0 Å². The van der Waals surface area contributed by atoms with E-state index in [1.165, 1.54) is 29.1 Å². The van der Waals surface area contributed by atoms with Crippen LogP contribution in [-0.2, 0) is 0 Å². The van der Waals surface area contributed by atoms with Gasteiger partial charge in [-0.1, -0.05) is 38.8 Å². The molecule has 0 aliphatic carbocycles. The summed E-state index contributed by atoms with van der Waals surface area (Å²) in [5.41, 5.74) is 7.11. The summed E-state index contributed by atoms with van der Waals surface area (Å²) in [5, 5.41) is 0. The zero-order chi connectivity index (χ0) is 12.0. The molecule has 1 rings (SSSR count). The lowest BCUT2D eigenvalue weighted by molar-refractivity contribution is 0.585. The van der Waals surface area contributed by atoms with Crippen LogP contribution in [0.5, 0.6) is 0 Å². The molecular weight excluding hydrogens is 214 g/mol. The van der Waals surface area contributed by atoms with Crippen LogP contribution in [0.1, 0.15) is 45.2 Å². The molecule has 90 valence electrons. The van der Waals surface area contributed by atoms with Gasteiger partial charge in [-0.25, -0.2) is 0 Å². The molecule has 0 saturated carbocycles. The molecule has 0 saturated heterocycles. The van der Waals surface area contributed by atoms with Crippen molar-refractivity contribution >= 4 is 11.8 Å². The monoisotopic (exact) mass is 237 g/mol. The number of benzene rings is 1. The Labute approximate surface area is 104 Å². The van der Waals surface area contributed by atoms with Crippen LogP contribution < -0.4 is 5.73 Å². The molecule has 1 nitrogen and oxygen atoms in total. The van der Waals surface area contributed by atoms with Crippen molar-refractivity contribution in [1.82, 2.24) is 0 Å². The van der Waals surface area contributed by atoms with Crippen LogP contribution in [0, 0.1) is 5.92 Å². The number of rotatable bonds is 6. The van der Waals surface area contributed by atoms with Crippen molar-refractivity contribution in [2.45, 2.75) is 44.6 Å². The van der Waals surface area contributed by atoms with Crippen LogP contribution in [0.4, 0.5) is 0 Å². The van der Waals surface area contributed by atoms with Crippen LogP contribution in [0.2, 0.25) is 0 Å². The average Bonchev–Trinajstić information content (AvgIpc) is 2.27. The second-order valence-corrected chi connectivity index (χ2v) is 5.66. The highest BCUT2D eigenvalue weighted by atomic mass is 32.2. The fourth-order valence-electron chi connectivity index (χ4n) is 1.70. The highest BCUT2D eigenvalue weighted by molar-refractivity contribution is 7.99. The molecule has 1 aromatic rings. The van der Waals surface area contributed by atoms with E-state index in [9.17, 15) is 0 Å². The standard InChI is InChI=1S/C14H23NS/c1-4-6-11(2)10-16-14-8-5-7-13(9-14)12(3)15/h5,7-9,11-12H,4,6,10,15H2,1-3H3. The predicted molar refractivity (Wildman–Crippen MR) is 73.8 cm³/mol. The molecule has 0 amide bonds. The van der Waals surface area contributed by atoms with Gasteiger partial charge in [-0.05, 0) is 30.5 Å². The third-order valence-electron chi connectivity index (χ3n) is 2.70. The quantitative estimate of drug-likeness (QED) is 0.749. The molecule has 0 spiro atoms. The first-order valence-electron chi connectivity index (χ1n) is 6.11. The Bertz CT molecular complexity index is 309. The molecule has 0 radical (unpaired) electrons. The van der Waals surface area contributed by atoms with E-state index in [2.05, 4.69) is 38.1 Å². The summed E-state index contributed by atoms with van der Waals surface area (Å²) in [6, 6.07) is 8.73. The van der Waals surface area contributed by atoms with Crippen molar-refractivity contribution in [2.24, 2.45) is 11.7 Å². The highest BCUT2D eigenvalue weighted by Crippen LogP contribution is 2.24. The van der Waals surface area contributed by atoms with Crippen LogP contribution >= 0.6 is 11.8 Å². The number of nitrogens with two attached hydrogens (primary N) is 1. The maximum Gasteiger partial charge on any atom is 0.0266 e. The van der Waals surface area contributed by atoms with Gasteiger partial charge in [-0.2, -0.15) is 0 Å². The molecule has 2 atom stereocenters. The molecule has 16 heavy (non-hydrogen) atoms. The largest absolute Gasteiger partial charge is 0.324 e. The first kappa shape index (κ1) is 13.6. The fraction of sp³-hybridized carbons (Fsp3) is 0.571. The normalized spacial score (nSPS) is 14.8. The van der Waals surface area contributed by atoms with E-state index in [1.807, 2.05) is 18.7 Å². The molecule has 2 heteroatoms. The van der Waals surface area contributed by atoms with Gasteiger partial charge < -0.3 is 5.73 Å². The number of hydrogen-bond acceptors (Lipinski definition) is 2. The summed E-state index contributed by atoms with van der Waals surface area (Å²) in [4.78, 5) is 1.35. The third-order valence-corrected chi connectivity index (χ3v) is 4.02. The number of hydrogen-bond donors (Lipinski definition) is 1. The Morgan fingerprint density at radius 2 is 2.06 bits per heavy atom. The average molecular weight is 237 g/mol. The molecule has 0 aliphatic heterocycles. The van der Waals surface area contributed by atoms with E-state index >= 15 is 0 Å². The maximum atomic E-state index is 5.88. The summed E-state index contributed by atoms with van der Waals surface area (Å²) < 4.78 is 0. The van der Waals surface area contributed by atoms with Gasteiger partial charge in [0.2, 0.25) is 0 Å². The topological polar surface area (TPSA) is 26.0 Å². The molecule has 0 bridgehead atoms. The van der Waals surface area contributed by atoms with Gasteiger partial charge >= 0.3 is 0 Å². The fourth-order valence-corrected chi connectivity index (χ4v) is 2.74. The first-order valence-corrected chi connectivity index (χ1v) is 7.10. The molecule has 0 aliphatic rings. The minimum absolute atomic E-state index is 0.133. The van der Waals surface area contributed by atoms with Crippen LogP contribution in [0.25, 0.3) is 0 Å². The molecule has 0 aromatic heterocycles. The molecule has 0 heterocycles. The van der Waals surface area contributed by atoms with Crippen LogP contribution in [0.3, 0.4) is 0 Å². The smallest absolute Gasteiger partial charge is 0.0266 e. The van der Waals surface area contributed by atoms with Crippen molar-refractivity contribution in [1.29, 1.82) is 0 Å². The van der Waals surface area contributed by atoms with Gasteiger partial charge in [0.25, 0.3) is 0 Å². The van der Waals surface area contributed by atoms with Crippen molar-refractivity contribution in [3.8, 4) is 0 Å². The van der Waals surface area contributed by atoms with E-state index in [0.29, 0.717) is 0 Å². The van der Waals surface area contributed by atoms with Gasteiger partial charge in [-0.15, -0.1) is 11.8 Å². The lowest BCUT2D eigenvalue weighted by atomic mass is 10.1. The molecular formula is C14H23NS. The van der Waals surface area contributed by atoms with E-state index < -0.39 is 0 Å². The zero-order valence-corrected chi connectivity index (χ0v) is 11.4. The Balaban J connectivity index is 2.50. The van der Waals surface area contributed by atoms with Crippen molar-refractivity contribution in [2.75, 3.05) is 5.75 Å². The van der Waals surface area contributed by atoms with E-state index in [4.69, 9.17) is 5.73 Å². The van der Waals surface area contributed by atoms with Gasteiger partial charge in [0, 0.05) is 16.7 Å². The Morgan fingerprint density at radius 3 is 2.69 bits per heavy atom. The molecule has 2 N–H and O–H groups in total. The molecule has 2 unspecified atom stereocenters. The first-order chi connectivity index (χ1) is 7.63. The Morgan fingerprint density at radius 1 is 1.31 bits per heavy atom. The zero-order valence-electron chi connectivity index (χ0n) is 10.6. The van der Waals surface area contributed by atoms with Gasteiger partial charge in [-0.3, -0.25) is 0 Å². The Hall–Kier alpha value is -0.470. The van der Waals surface area contributed by atoms with Gasteiger partial charge in [0.05, 0.1) is 0 Å². The summed E-state index contributed by atoms with van der Waals surface area (Å²) in [7, 11) is 0. The molecule has 1 aromatic carbocycles. The lowest BCUT2D eigenvalue weighted by Crippen LogP contribution is -2.04. The van der Waals surface area contributed by atoms with Crippen LogP contribution in [-0.4, -0.2) is 5.75 Å².